The van der Waals surface area contributed by atoms with Crippen LogP contribution in [0.3, 0.4) is 0 Å². The number of anilines is 1. The van der Waals surface area contributed by atoms with Gasteiger partial charge in [0.05, 0.1) is 18.6 Å². The SMILES string of the molecule is CCn1c(SCC(=O)Nc2ccc(F)cc2F)nnc1-c1cccc(OC)c1. The van der Waals surface area contributed by atoms with Crippen LogP contribution in [0.5, 0.6) is 5.75 Å². The summed E-state index contributed by atoms with van der Waals surface area (Å²) in [5.74, 6) is -0.579. The molecule has 0 aliphatic carbocycles. The summed E-state index contributed by atoms with van der Waals surface area (Å²) in [5, 5.41) is 11.4. The number of hydrogen-bond acceptors (Lipinski definition) is 5. The van der Waals surface area contributed by atoms with Gasteiger partial charge in [0.1, 0.15) is 17.4 Å². The van der Waals surface area contributed by atoms with Gasteiger partial charge in [-0.1, -0.05) is 23.9 Å². The van der Waals surface area contributed by atoms with Gasteiger partial charge in [0.25, 0.3) is 0 Å². The maximum Gasteiger partial charge on any atom is 0.234 e. The molecule has 1 heterocycles. The highest BCUT2D eigenvalue weighted by molar-refractivity contribution is 7.99. The lowest BCUT2D eigenvalue weighted by Gasteiger charge is -2.09. The molecule has 0 atom stereocenters. The van der Waals surface area contributed by atoms with E-state index in [1.165, 1.54) is 17.8 Å². The number of nitrogens with zero attached hydrogens (tertiary/aromatic N) is 3. The molecule has 3 aromatic rings. The molecule has 1 N–H and O–H groups in total. The molecular formula is C19H18F2N4O2S. The third-order valence-electron chi connectivity index (χ3n) is 3.90. The van der Waals surface area contributed by atoms with Gasteiger partial charge in [0.2, 0.25) is 5.91 Å². The topological polar surface area (TPSA) is 69.0 Å². The molecule has 0 saturated carbocycles. The maximum atomic E-state index is 13.6. The zero-order valence-electron chi connectivity index (χ0n) is 15.3. The van der Waals surface area contributed by atoms with Crippen LogP contribution in [0.1, 0.15) is 6.92 Å². The van der Waals surface area contributed by atoms with Crippen molar-refractivity contribution in [2.45, 2.75) is 18.6 Å². The minimum atomic E-state index is -0.824. The lowest BCUT2D eigenvalue weighted by atomic mass is 10.2. The molecule has 0 radical (unpaired) electrons. The van der Waals surface area contributed by atoms with E-state index < -0.39 is 17.5 Å². The first kappa shape index (κ1) is 19.8. The normalized spacial score (nSPS) is 10.7. The summed E-state index contributed by atoms with van der Waals surface area (Å²) in [6.07, 6.45) is 0. The van der Waals surface area contributed by atoms with E-state index in [2.05, 4.69) is 15.5 Å². The quantitative estimate of drug-likeness (QED) is 0.603. The lowest BCUT2D eigenvalue weighted by Crippen LogP contribution is -2.15. The number of thioether (sulfide) groups is 1. The molecule has 2 aromatic carbocycles. The van der Waals surface area contributed by atoms with E-state index in [4.69, 9.17) is 4.74 Å². The molecular weight excluding hydrogens is 386 g/mol. The van der Waals surface area contributed by atoms with E-state index in [0.717, 1.165) is 17.7 Å². The van der Waals surface area contributed by atoms with E-state index in [1.54, 1.807) is 7.11 Å². The van der Waals surface area contributed by atoms with Crippen molar-refractivity contribution >= 4 is 23.4 Å². The second-order valence-electron chi connectivity index (χ2n) is 5.74. The molecule has 0 unspecified atom stereocenters. The van der Waals surface area contributed by atoms with Crippen LogP contribution in [0, 0.1) is 11.6 Å². The van der Waals surface area contributed by atoms with Gasteiger partial charge in [-0.25, -0.2) is 8.78 Å². The number of hydrogen-bond donors (Lipinski definition) is 1. The molecule has 3 rings (SSSR count). The van der Waals surface area contributed by atoms with Crippen LogP contribution in [-0.4, -0.2) is 33.5 Å². The molecule has 0 bridgehead atoms. The van der Waals surface area contributed by atoms with Gasteiger partial charge < -0.3 is 14.6 Å². The van der Waals surface area contributed by atoms with Crippen LogP contribution < -0.4 is 10.1 Å². The predicted octanol–water partition coefficient (Wildman–Crippen LogP) is 3.98. The molecule has 6 nitrogen and oxygen atoms in total. The molecule has 9 heteroatoms. The number of ether oxygens (including phenoxy) is 1. The first-order valence-corrected chi connectivity index (χ1v) is 9.45. The second-order valence-corrected chi connectivity index (χ2v) is 6.69. The van der Waals surface area contributed by atoms with Crippen molar-refractivity contribution in [1.82, 2.24) is 14.8 Å². The number of benzene rings is 2. The van der Waals surface area contributed by atoms with E-state index in [9.17, 15) is 13.6 Å². The van der Waals surface area contributed by atoms with Gasteiger partial charge in [-0.15, -0.1) is 10.2 Å². The van der Waals surface area contributed by atoms with Crippen LogP contribution in [0.15, 0.2) is 47.6 Å². The zero-order chi connectivity index (χ0) is 20.1. The van der Waals surface area contributed by atoms with Gasteiger partial charge in [-0.2, -0.15) is 0 Å². The van der Waals surface area contributed by atoms with E-state index in [1.807, 2.05) is 35.8 Å². The van der Waals surface area contributed by atoms with Crippen LogP contribution in [0.2, 0.25) is 0 Å². The molecule has 1 aromatic heterocycles. The third kappa shape index (κ3) is 4.48. The van der Waals surface area contributed by atoms with E-state index in [-0.39, 0.29) is 11.4 Å². The van der Waals surface area contributed by atoms with Crippen molar-refractivity contribution in [3.63, 3.8) is 0 Å². The molecule has 0 spiro atoms. The Morgan fingerprint density at radius 3 is 2.75 bits per heavy atom. The highest BCUT2D eigenvalue weighted by Crippen LogP contribution is 2.26. The second kappa shape index (κ2) is 8.83. The van der Waals surface area contributed by atoms with Crippen molar-refractivity contribution in [3.8, 4) is 17.1 Å². The number of carbonyl (C=O) groups is 1. The molecule has 146 valence electrons. The maximum absolute atomic E-state index is 13.6. The molecule has 1 amide bonds. The highest BCUT2D eigenvalue weighted by atomic mass is 32.2. The minimum absolute atomic E-state index is 0.00700. The molecule has 0 saturated heterocycles. The molecule has 28 heavy (non-hydrogen) atoms. The first-order valence-electron chi connectivity index (χ1n) is 8.47. The Morgan fingerprint density at radius 1 is 1.21 bits per heavy atom. The Morgan fingerprint density at radius 2 is 2.04 bits per heavy atom. The number of methoxy groups -OCH3 is 1. The number of halogens is 2. The summed E-state index contributed by atoms with van der Waals surface area (Å²) in [6, 6.07) is 10.4. The fourth-order valence-corrected chi connectivity index (χ4v) is 3.37. The van der Waals surface area contributed by atoms with Gasteiger partial charge in [0.15, 0.2) is 11.0 Å². The average Bonchev–Trinajstić information content (AvgIpc) is 3.11. The average molecular weight is 404 g/mol. The predicted molar refractivity (Wildman–Crippen MR) is 103 cm³/mol. The minimum Gasteiger partial charge on any atom is -0.497 e. The number of rotatable bonds is 7. The van der Waals surface area contributed by atoms with Crippen molar-refractivity contribution in [2.24, 2.45) is 0 Å². The molecule has 0 aliphatic heterocycles. The molecule has 0 aliphatic rings. The van der Waals surface area contributed by atoms with Gasteiger partial charge in [0, 0.05) is 18.2 Å². The monoisotopic (exact) mass is 404 g/mol. The number of aromatic nitrogens is 3. The zero-order valence-corrected chi connectivity index (χ0v) is 16.1. The van der Waals surface area contributed by atoms with Crippen LogP contribution in [-0.2, 0) is 11.3 Å². The Kier molecular flexibility index (Phi) is 6.25. The van der Waals surface area contributed by atoms with E-state index in [0.29, 0.717) is 23.3 Å². The number of carbonyl (C=O) groups excluding carboxylic acids is 1. The van der Waals surface area contributed by atoms with Crippen LogP contribution in [0.4, 0.5) is 14.5 Å². The molecule has 0 fully saturated rings. The summed E-state index contributed by atoms with van der Waals surface area (Å²) < 4.78 is 33.7. The fraction of sp³-hybridized carbons (Fsp3) is 0.211. The Balaban J connectivity index is 1.70. The largest absolute Gasteiger partial charge is 0.497 e. The summed E-state index contributed by atoms with van der Waals surface area (Å²) >= 11 is 1.18. The summed E-state index contributed by atoms with van der Waals surface area (Å²) in [6.45, 7) is 2.56. The lowest BCUT2D eigenvalue weighted by molar-refractivity contribution is -0.113. The van der Waals surface area contributed by atoms with Crippen molar-refractivity contribution in [3.05, 3.63) is 54.1 Å². The smallest absolute Gasteiger partial charge is 0.234 e. The van der Waals surface area contributed by atoms with Crippen LogP contribution in [0.25, 0.3) is 11.4 Å². The van der Waals surface area contributed by atoms with Crippen LogP contribution >= 0.6 is 11.8 Å². The van der Waals surface area contributed by atoms with Gasteiger partial charge >= 0.3 is 0 Å². The summed E-state index contributed by atoms with van der Waals surface area (Å²) in [5.41, 5.74) is 0.777. The van der Waals surface area contributed by atoms with Crippen molar-refractivity contribution in [2.75, 3.05) is 18.2 Å². The highest BCUT2D eigenvalue weighted by Gasteiger charge is 2.16. The number of amides is 1. The Bertz CT molecular complexity index is 994. The Hall–Kier alpha value is -2.94. The standard InChI is InChI=1S/C19H18F2N4O2S/c1-3-25-18(12-5-4-6-14(9-12)27-2)23-24-19(25)28-11-17(26)22-16-8-7-13(20)10-15(16)21/h4-10H,3,11H2,1-2H3,(H,22,26). The Labute approximate surface area is 164 Å². The van der Waals surface area contributed by atoms with Gasteiger partial charge in [-0.3, -0.25) is 4.79 Å². The summed E-state index contributed by atoms with van der Waals surface area (Å²) in [4.78, 5) is 12.1. The summed E-state index contributed by atoms with van der Waals surface area (Å²) in [7, 11) is 1.59. The van der Waals surface area contributed by atoms with Crippen molar-refractivity contribution in [1.29, 1.82) is 0 Å². The van der Waals surface area contributed by atoms with Crippen molar-refractivity contribution < 1.29 is 18.3 Å². The fourth-order valence-electron chi connectivity index (χ4n) is 2.56. The first-order chi connectivity index (χ1) is 13.5. The van der Waals surface area contributed by atoms with E-state index >= 15 is 0 Å². The number of nitrogens with one attached hydrogen (secondary N) is 1. The van der Waals surface area contributed by atoms with Gasteiger partial charge in [-0.05, 0) is 31.2 Å². The third-order valence-corrected chi connectivity index (χ3v) is 4.87.